The Morgan fingerprint density at radius 1 is 1.28 bits per heavy atom. The number of carbonyl (C=O) groups excluding carboxylic acids is 1. The van der Waals surface area contributed by atoms with Crippen molar-refractivity contribution in [3.63, 3.8) is 0 Å². The number of rotatable bonds is 4. The van der Waals surface area contributed by atoms with E-state index < -0.39 is 15.6 Å². The third-order valence-electron chi connectivity index (χ3n) is 5.42. The summed E-state index contributed by atoms with van der Waals surface area (Å²) in [5, 5.41) is 3.08. The molecule has 0 aromatic heterocycles. The Hall–Kier alpha value is -1.44. The Balaban J connectivity index is 1.80. The maximum absolute atomic E-state index is 12.9. The summed E-state index contributed by atoms with van der Waals surface area (Å²) < 4.78 is 27.5. The number of nitrogens with zero attached hydrogens (tertiary/aromatic N) is 2. The number of amides is 1. The van der Waals surface area contributed by atoms with Gasteiger partial charge in [0.15, 0.2) is 0 Å². The summed E-state index contributed by atoms with van der Waals surface area (Å²) in [5.74, 6) is 0.0432. The van der Waals surface area contributed by atoms with Crippen LogP contribution in [0.15, 0.2) is 24.3 Å². The summed E-state index contributed by atoms with van der Waals surface area (Å²) >= 11 is 0. The molecule has 0 saturated carbocycles. The van der Waals surface area contributed by atoms with Crippen LogP contribution in [-0.2, 0) is 20.6 Å². The standard InChI is InChI=1S/C18H27N3O3S/c1-14-4-6-16(7-5-14)12-25(23,24)21-11-17-10-20(3)9-8-18(17,13-21)19-15(2)22/h4-7,17H,8-13H2,1-3H3,(H,19,22)/t17-,18-/m1/s1. The van der Waals surface area contributed by atoms with Gasteiger partial charge in [0.25, 0.3) is 0 Å². The van der Waals surface area contributed by atoms with Crippen LogP contribution in [0.5, 0.6) is 0 Å². The van der Waals surface area contributed by atoms with Crippen molar-refractivity contribution >= 4 is 15.9 Å². The van der Waals surface area contributed by atoms with Gasteiger partial charge < -0.3 is 10.2 Å². The zero-order valence-corrected chi connectivity index (χ0v) is 16.0. The lowest BCUT2D eigenvalue weighted by atomic mass is 9.80. The van der Waals surface area contributed by atoms with Crippen molar-refractivity contribution in [3.8, 4) is 0 Å². The molecule has 2 heterocycles. The molecule has 138 valence electrons. The van der Waals surface area contributed by atoms with Crippen molar-refractivity contribution in [2.24, 2.45) is 5.92 Å². The highest BCUT2D eigenvalue weighted by molar-refractivity contribution is 7.88. The van der Waals surface area contributed by atoms with E-state index in [1.165, 1.54) is 6.92 Å². The highest BCUT2D eigenvalue weighted by Gasteiger charge is 2.52. The van der Waals surface area contributed by atoms with Gasteiger partial charge in [-0.3, -0.25) is 4.79 Å². The van der Waals surface area contributed by atoms with E-state index >= 15 is 0 Å². The molecular weight excluding hydrogens is 338 g/mol. The minimum absolute atomic E-state index is 0.00594. The molecule has 0 radical (unpaired) electrons. The number of piperidine rings is 1. The average Bonchev–Trinajstić information content (AvgIpc) is 2.88. The molecule has 7 heteroatoms. The third-order valence-corrected chi connectivity index (χ3v) is 7.19. The van der Waals surface area contributed by atoms with E-state index in [0.29, 0.717) is 13.1 Å². The van der Waals surface area contributed by atoms with E-state index in [4.69, 9.17) is 0 Å². The predicted octanol–water partition coefficient (Wildman–Crippen LogP) is 0.967. The Labute approximate surface area is 150 Å². The average molecular weight is 365 g/mol. The van der Waals surface area contributed by atoms with Crippen LogP contribution < -0.4 is 5.32 Å². The Morgan fingerprint density at radius 3 is 2.60 bits per heavy atom. The lowest BCUT2D eigenvalue weighted by Crippen LogP contribution is -2.60. The van der Waals surface area contributed by atoms with Gasteiger partial charge in [-0.2, -0.15) is 4.31 Å². The van der Waals surface area contributed by atoms with Crippen LogP contribution in [0.2, 0.25) is 0 Å². The second-order valence-corrected chi connectivity index (χ2v) is 9.55. The van der Waals surface area contributed by atoms with Crippen molar-refractivity contribution in [2.75, 3.05) is 33.2 Å². The van der Waals surface area contributed by atoms with Crippen molar-refractivity contribution < 1.29 is 13.2 Å². The number of hydrogen-bond acceptors (Lipinski definition) is 4. The summed E-state index contributed by atoms with van der Waals surface area (Å²) in [4.78, 5) is 13.9. The van der Waals surface area contributed by atoms with E-state index in [1.54, 1.807) is 4.31 Å². The molecule has 6 nitrogen and oxygen atoms in total. The molecule has 2 saturated heterocycles. The van der Waals surface area contributed by atoms with E-state index in [-0.39, 0.29) is 17.6 Å². The fourth-order valence-electron chi connectivity index (χ4n) is 4.06. The Bertz CT molecular complexity index is 747. The summed E-state index contributed by atoms with van der Waals surface area (Å²) in [6.07, 6.45) is 0.782. The molecule has 0 spiro atoms. The van der Waals surface area contributed by atoms with Gasteiger partial charge in [-0.1, -0.05) is 29.8 Å². The number of likely N-dealkylation sites (tertiary alicyclic amines) is 1. The molecule has 2 aliphatic rings. The van der Waals surface area contributed by atoms with Gasteiger partial charge in [0.2, 0.25) is 15.9 Å². The first-order valence-electron chi connectivity index (χ1n) is 8.71. The first-order chi connectivity index (χ1) is 11.7. The van der Waals surface area contributed by atoms with Crippen LogP contribution in [0.25, 0.3) is 0 Å². The second kappa shape index (κ2) is 6.70. The van der Waals surface area contributed by atoms with Gasteiger partial charge >= 0.3 is 0 Å². The Kier molecular flexibility index (Phi) is 4.92. The van der Waals surface area contributed by atoms with Gasteiger partial charge in [0, 0.05) is 39.0 Å². The lowest BCUT2D eigenvalue weighted by molar-refractivity contribution is -0.121. The Morgan fingerprint density at radius 2 is 1.96 bits per heavy atom. The van der Waals surface area contributed by atoms with E-state index in [9.17, 15) is 13.2 Å². The summed E-state index contributed by atoms with van der Waals surface area (Å²) in [7, 11) is -1.37. The minimum Gasteiger partial charge on any atom is -0.349 e. The van der Waals surface area contributed by atoms with Crippen molar-refractivity contribution in [1.29, 1.82) is 0 Å². The fourth-order valence-corrected chi connectivity index (χ4v) is 5.69. The molecule has 0 bridgehead atoms. The first kappa shape index (κ1) is 18.4. The number of carbonyl (C=O) groups is 1. The lowest BCUT2D eigenvalue weighted by Gasteiger charge is -2.42. The molecule has 1 N–H and O–H groups in total. The quantitative estimate of drug-likeness (QED) is 0.863. The number of sulfonamides is 1. The van der Waals surface area contributed by atoms with E-state index in [2.05, 4.69) is 10.2 Å². The van der Waals surface area contributed by atoms with Crippen LogP contribution in [0.1, 0.15) is 24.5 Å². The van der Waals surface area contributed by atoms with Gasteiger partial charge in [0.1, 0.15) is 0 Å². The van der Waals surface area contributed by atoms with Crippen LogP contribution in [0.4, 0.5) is 0 Å². The van der Waals surface area contributed by atoms with Crippen LogP contribution in [0.3, 0.4) is 0 Å². The summed E-state index contributed by atoms with van der Waals surface area (Å²) in [6.45, 7) is 6.00. The largest absolute Gasteiger partial charge is 0.349 e. The molecule has 2 fully saturated rings. The summed E-state index contributed by atoms with van der Waals surface area (Å²) in [6, 6.07) is 7.60. The molecule has 0 aliphatic carbocycles. The predicted molar refractivity (Wildman–Crippen MR) is 97.5 cm³/mol. The number of hydrogen-bond donors (Lipinski definition) is 1. The van der Waals surface area contributed by atoms with Crippen molar-refractivity contribution in [2.45, 2.75) is 31.6 Å². The number of fused-ring (bicyclic) bond motifs is 1. The van der Waals surface area contributed by atoms with Crippen molar-refractivity contribution in [3.05, 3.63) is 35.4 Å². The van der Waals surface area contributed by atoms with E-state index in [0.717, 1.165) is 30.6 Å². The molecule has 1 amide bonds. The van der Waals surface area contributed by atoms with Gasteiger partial charge in [-0.05, 0) is 26.0 Å². The summed E-state index contributed by atoms with van der Waals surface area (Å²) in [5.41, 5.74) is 1.48. The third kappa shape index (κ3) is 3.88. The van der Waals surface area contributed by atoms with Crippen LogP contribution in [-0.4, -0.2) is 62.3 Å². The zero-order valence-electron chi connectivity index (χ0n) is 15.2. The molecular formula is C18H27N3O3S. The minimum atomic E-state index is -3.41. The smallest absolute Gasteiger partial charge is 0.218 e. The molecule has 1 aromatic carbocycles. The molecule has 0 unspecified atom stereocenters. The normalized spacial score (nSPS) is 27.9. The van der Waals surface area contributed by atoms with E-state index in [1.807, 2.05) is 38.2 Å². The highest BCUT2D eigenvalue weighted by Crippen LogP contribution is 2.36. The first-order valence-corrected chi connectivity index (χ1v) is 10.3. The molecule has 2 atom stereocenters. The molecule has 3 rings (SSSR count). The van der Waals surface area contributed by atoms with Gasteiger partial charge in [0.05, 0.1) is 11.3 Å². The molecule has 2 aliphatic heterocycles. The number of nitrogens with one attached hydrogen (secondary N) is 1. The second-order valence-electron chi connectivity index (χ2n) is 7.58. The van der Waals surface area contributed by atoms with Gasteiger partial charge in [-0.25, -0.2) is 8.42 Å². The molecule has 1 aromatic rings. The SMILES string of the molecule is CC(=O)N[C@@]12CCN(C)C[C@@H]1CN(S(=O)(=O)Cc1ccc(C)cc1)C2. The van der Waals surface area contributed by atoms with Crippen molar-refractivity contribution in [1.82, 2.24) is 14.5 Å². The van der Waals surface area contributed by atoms with Gasteiger partial charge in [-0.15, -0.1) is 0 Å². The number of benzene rings is 1. The zero-order chi connectivity index (χ0) is 18.2. The highest BCUT2D eigenvalue weighted by atomic mass is 32.2. The maximum Gasteiger partial charge on any atom is 0.218 e. The number of aryl methyl sites for hydroxylation is 1. The monoisotopic (exact) mass is 365 g/mol. The van der Waals surface area contributed by atoms with Crippen LogP contribution in [0, 0.1) is 12.8 Å². The van der Waals surface area contributed by atoms with Crippen LogP contribution >= 0.6 is 0 Å². The maximum atomic E-state index is 12.9. The topological polar surface area (TPSA) is 69.7 Å². The molecule has 25 heavy (non-hydrogen) atoms. The fraction of sp³-hybridized carbons (Fsp3) is 0.611.